The molecular weight excluding hydrogens is 258 g/mol. The number of morpholine rings is 1. The summed E-state index contributed by atoms with van der Waals surface area (Å²) >= 11 is 0. The van der Waals surface area contributed by atoms with Crippen molar-refractivity contribution in [1.82, 2.24) is 9.97 Å². The van der Waals surface area contributed by atoms with Crippen molar-refractivity contribution in [3.8, 4) is 0 Å². The Morgan fingerprint density at radius 2 is 2.25 bits per heavy atom. The molecule has 0 aliphatic carbocycles. The molecule has 1 atom stereocenters. The Morgan fingerprint density at radius 3 is 3.05 bits per heavy atom. The molecule has 4 N–H and O–H groups in total. The second kappa shape index (κ2) is 4.93. The molecule has 1 unspecified atom stereocenters. The number of nitrogens with two attached hydrogens (primary N) is 2. The van der Waals surface area contributed by atoms with Crippen molar-refractivity contribution in [1.29, 1.82) is 0 Å². The van der Waals surface area contributed by atoms with Gasteiger partial charge in [-0.15, -0.1) is 0 Å². The van der Waals surface area contributed by atoms with Crippen LogP contribution >= 0.6 is 0 Å². The van der Waals surface area contributed by atoms with E-state index < -0.39 is 11.9 Å². The van der Waals surface area contributed by atoms with Gasteiger partial charge in [0.1, 0.15) is 18.2 Å². The molecule has 104 valence electrons. The van der Waals surface area contributed by atoms with E-state index in [2.05, 4.69) is 9.97 Å². The number of rotatable bonds is 2. The third-order valence-electron chi connectivity index (χ3n) is 3.37. The van der Waals surface area contributed by atoms with Crippen molar-refractivity contribution in [2.45, 2.75) is 6.04 Å². The number of amides is 1. The maximum absolute atomic E-state index is 11.6. The van der Waals surface area contributed by atoms with Gasteiger partial charge in [-0.25, -0.2) is 9.97 Å². The van der Waals surface area contributed by atoms with Crippen LogP contribution < -0.4 is 16.4 Å². The van der Waals surface area contributed by atoms with Gasteiger partial charge in [0, 0.05) is 17.6 Å². The minimum Gasteiger partial charge on any atom is -0.399 e. The van der Waals surface area contributed by atoms with Crippen LogP contribution in [-0.4, -0.2) is 41.7 Å². The number of primary amides is 1. The summed E-state index contributed by atoms with van der Waals surface area (Å²) in [5.74, 6) is 0.258. The summed E-state index contributed by atoms with van der Waals surface area (Å²) in [5, 5.41) is 0.842. The monoisotopic (exact) mass is 273 g/mol. The molecule has 1 aliphatic rings. The molecule has 1 saturated heterocycles. The minimum absolute atomic E-state index is 0.274. The lowest BCUT2D eigenvalue weighted by Crippen LogP contribution is -2.53. The van der Waals surface area contributed by atoms with Gasteiger partial charge in [0.05, 0.1) is 18.7 Å². The van der Waals surface area contributed by atoms with Crippen LogP contribution in [0.25, 0.3) is 10.9 Å². The zero-order valence-electron chi connectivity index (χ0n) is 10.8. The third kappa shape index (κ3) is 2.12. The molecule has 1 aliphatic heterocycles. The van der Waals surface area contributed by atoms with Gasteiger partial charge < -0.3 is 21.1 Å². The molecule has 0 saturated carbocycles. The maximum atomic E-state index is 11.6. The molecule has 7 heteroatoms. The molecule has 2 heterocycles. The number of nitrogen functional groups attached to an aromatic ring is 1. The molecule has 3 rings (SSSR count). The average molecular weight is 273 g/mol. The second-order valence-electron chi connectivity index (χ2n) is 4.66. The summed E-state index contributed by atoms with van der Waals surface area (Å²) in [6, 6.07) is 4.90. The number of aromatic nitrogens is 2. The lowest BCUT2D eigenvalue weighted by atomic mass is 10.1. The number of fused-ring (bicyclic) bond motifs is 1. The Balaban J connectivity index is 2.10. The first-order valence-corrected chi connectivity index (χ1v) is 6.31. The molecule has 7 nitrogen and oxygen atoms in total. The van der Waals surface area contributed by atoms with Crippen LogP contribution in [0.3, 0.4) is 0 Å². The molecule has 0 bridgehead atoms. The minimum atomic E-state index is -0.514. The fourth-order valence-corrected chi connectivity index (χ4v) is 2.38. The largest absolute Gasteiger partial charge is 0.399 e. The smallest absolute Gasteiger partial charge is 0.242 e. The highest BCUT2D eigenvalue weighted by atomic mass is 16.5. The van der Waals surface area contributed by atoms with E-state index in [-0.39, 0.29) is 6.61 Å². The van der Waals surface area contributed by atoms with E-state index in [1.54, 1.807) is 12.1 Å². The van der Waals surface area contributed by atoms with E-state index in [9.17, 15) is 4.79 Å². The van der Waals surface area contributed by atoms with Gasteiger partial charge >= 0.3 is 0 Å². The number of carbonyl (C=O) groups is 1. The van der Waals surface area contributed by atoms with Crippen molar-refractivity contribution < 1.29 is 9.53 Å². The Bertz CT molecular complexity index is 660. The van der Waals surface area contributed by atoms with Gasteiger partial charge in [-0.1, -0.05) is 0 Å². The highest BCUT2D eigenvalue weighted by Gasteiger charge is 2.29. The lowest BCUT2D eigenvalue weighted by Gasteiger charge is -2.34. The summed E-state index contributed by atoms with van der Waals surface area (Å²) in [6.45, 7) is 1.37. The van der Waals surface area contributed by atoms with Gasteiger partial charge in [-0.05, 0) is 18.2 Å². The highest BCUT2D eigenvalue weighted by molar-refractivity contribution is 5.93. The Labute approximate surface area is 115 Å². The van der Waals surface area contributed by atoms with E-state index >= 15 is 0 Å². The number of hydrogen-bond donors (Lipinski definition) is 2. The van der Waals surface area contributed by atoms with Gasteiger partial charge in [0.2, 0.25) is 5.91 Å². The SMILES string of the molecule is NC(=O)C1COCCN1c1ncnc2cc(N)ccc12. The van der Waals surface area contributed by atoms with Crippen LogP contribution in [0.5, 0.6) is 0 Å². The molecule has 2 aromatic rings. The molecule has 1 amide bonds. The number of benzene rings is 1. The van der Waals surface area contributed by atoms with Crippen LogP contribution in [0.1, 0.15) is 0 Å². The molecular formula is C13H15N5O2. The van der Waals surface area contributed by atoms with Crippen LogP contribution in [0.4, 0.5) is 11.5 Å². The zero-order valence-corrected chi connectivity index (χ0v) is 10.8. The first-order chi connectivity index (χ1) is 9.66. The molecule has 20 heavy (non-hydrogen) atoms. The molecule has 1 fully saturated rings. The van der Waals surface area contributed by atoms with Crippen LogP contribution in [0.2, 0.25) is 0 Å². The van der Waals surface area contributed by atoms with Crippen molar-refractivity contribution in [3.63, 3.8) is 0 Å². The predicted octanol–water partition coefficient (Wildman–Crippen LogP) is -0.0975. The van der Waals surface area contributed by atoms with Crippen molar-refractivity contribution in [2.75, 3.05) is 30.4 Å². The van der Waals surface area contributed by atoms with Crippen molar-refractivity contribution in [3.05, 3.63) is 24.5 Å². The van der Waals surface area contributed by atoms with Crippen LogP contribution in [0.15, 0.2) is 24.5 Å². The topological polar surface area (TPSA) is 107 Å². The number of carbonyl (C=O) groups excluding carboxylic acids is 1. The van der Waals surface area contributed by atoms with E-state index in [4.69, 9.17) is 16.2 Å². The lowest BCUT2D eigenvalue weighted by molar-refractivity contribution is -0.121. The summed E-state index contributed by atoms with van der Waals surface area (Å²) in [6.07, 6.45) is 1.46. The first kappa shape index (κ1) is 12.6. The molecule has 0 spiro atoms. The van der Waals surface area contributed by atoms with Gasteiger partial charge in [0.25, 0.3) is 0 Å². The predicted molar refractivity (Wildman–Crippen MR) is 75.1 cm³/mol. The fourth-order valence-electron chi connectivity index (χ4n) is 2.38. The quantitative estimate of drug-likeness (QED) is 0.740. The number of hydrogen-bond acceptors (Lipinski definition) is 6. The second-order valence-corrected chi connectivity index (χ2v) is 4.66. The highest BCUT2D eigenvalue weighted by Crippen LogP contribution is 2.26. The fraction of sp³-hybridized carbons (Fsp3) is 0.308. The summed E-state index contributed by atoms with van der Waals surface area (Å²) in [5.41, 5.74) is 12.6. The van der Waals surface area contributed by atoms with Crippen molar-refractivity contribution >= 4 is 28.3 Å². The normalized spacial score (nSPS) is 19.2. The standard InChI is InChI=1S/C13H15N5O2/c14-8-1-2-9-10(5-8)16-7-17-13(9)18-3-4-20-6-11(18)12(15)19/h1-2,5,7,11H,3-4,6,14H2,(H2,15,19). The molecule has 1 aromatic carbocycles. The first-order valence-electron chi connectivity index (χ1n) is 6.31. The number of ether oxygens (including phenoxy) is 1. The number of anilines is 2. The Kier molecular flexibility index (Phi) is 3.11. The van der Waals surface area contributed by atoms with Gasteiger partial charge in [-0.3, -0.25) is 4.79 Å². The van der Waals surface area contributed by atoms with Gasteiger partial charge in [-0.2, -0.15) is 0 Å². The number of nitrogens with zero attached hydrogens (tertiary/aromatic N) is 3. The van der Waals surface area contributed by atoms with Crippen molar-refractivity contribution in [2.24, 2.45) is 5.73 Å². The van der Waals surface area contributed by atoms with E-state index in [1.165, 1.54) is 6.33 Å². The van der Waals surface area contributed by atoms with E-state index in [0.29, 0.717) is 24.7 Å². The third-order valence-corrected chi connectivity index (χ3v) is 3.37. The van der Waals surface area contributed by atoms with Crippen LogP contribution in [0, 0.1) is 0 Å². The Hall–Kier alpha value is -2.41. The maximum Gasteiger partial charge on any atom is 0.242 e. The Morgan fingerprint density at radius 1 is 1.40 bits per heavy atom. The zero-order chi connectivity index (χ0) is 14.1. The molecule has 0 radical (unpaired) electrons. The summed E-state index contributed by atoms with van der Waals surface area (Å²) < 4.78 is 5.32. The molecule has 1 aromatic heterocycles. The van der Waals surface area contributed by atoms with E-state index in [0.717, 1.165) is 10.9 Å². The summed E-state index contributed by atoms with van der Waals surface area (Å²) in [4.78, 5) is 21.9. The summed E-state index contributed by atoms with van der Waals surface area (Å²) in [7, 11) is 0. The van der Waals surface area contributed by atoms with E-state index in [1.807, 2.05) is 11.0 Å². The van der Waals surface area contributed by atoms with Gasteiger partial charge in [0.15, 0.2) is 0 Å². The average Bonchev–Trinajstić information content (AvgIpc) is 2.46. The van der Waals surface area contributed by atoms with Crippen LogP contribution in [-0.2, 0) is 9.53 Å².